The van der Waals surface area contributed by atoms with Gasteiger partial charge in [-0.2, -0.15) is 0 Å². The topological polar surface area (TPSA) is 77.8 Å². The smallest absolute Gasteiger partial charge is 0.303 e. The fourth-order valence-corrected chi connectivity index (χ4v) is 1.94. The summed E-state index contributed by atoms with van der Waals surface area (Å²) in [6, 6.07) is 0. The predicted molar refractivity (Wildman–Crippen MR) is 89.7 cm³/mol. The molecule has 0 bridgehead atoms. The van der Waals surface area contributed by atoms with E-state index >= 15 is 0 Å². The zero-order chi connectivity index (χ0) is 16.6. The van der Waals surface area contributed by atoms with Crippen molar-refractivity contribution in [2.24, 2.45) is 0 Å². The van der Waals surface area contributed by atoms with E-state index in [0.717, 1.165) is 32.1 Å². The van der Waals surface area contributed by atoms with Crippen LogP contribution in [0.4, 0.5) is 0 Å². The van der Waals surface area contributed by atoms with Crippen molar-refractivity contribution < 1.29 is 20.1 Å². The summed E-state index contributed by atoms with van der Waals surface area (Å²) < 4.78 is 0. The summed E-state index contributed by atoms with van der Waals surface area (Å²) >= 11 is 0. The number of carbonyl (C=O) groups is 1. The van der Waals surface area contributed by atoms with Gasteiger partial charge in [-0.25, -0.2) is 0 Å². The monoisotopic (exact) mass is 310 g/mol. The third kappa shape index (κ3) is 13.6. The van der Waals surface area contributed by atoms with E-state index in [0.29, 0.717) is 12.8 Å². The van der Waals surface area contributed by atoms with Gasteiger partial charge in [-0.15, -0.1) is 0 Å². The maximum Gasteiger partial charge on any atom is 0.303 e. The first-order valence-electron chi connectivity index (χ1n) is 8.12. The normalized spacial score (nSPS) is 15.0. The third-order valence-electron chi connectivity index (χ3n) is 3.23. The lowest BCUT2D eigenvalue weighted by Crippen LogP contribution is -2.23. The first kappa shape index (κ1) is 20.6. The number of aliphatic hydroxyl groups is 2. The Labute approximate surface area is 133 Å². The Bertz CT molecular complexity index is 358. The van der Waals surface area contributed by atoms with Crippen LogP contribution in [0.15, 0.2) is 36.5 Å². The Morgan fingerprint density at radius 1 is 0.955 bits per heavy atom. The average Bonchev–Trinajstić information content (AvgIpc) is 2.48. The summed E-state index contributed by atoms with van der Waals surface area (Å²) in [5.74, 6) is -0.790. The minimum atomic E-state index is -0.854. The first-order chi connectivity index (χ1) is 10.6. The number of carboxylic acid groups (broad SMARTS) is 1. The molecule has 126 valence electrons. The maximum absolute atomic E-state index is 10.3. The van der Waals surface area contributed by atoms with Crippen molar-refractivity contribution in [2.45, 2.75) is 70.5 Å². The summed E-state index contributed by atoms with van der Waals surface area (Å²) in [5, 5.41) is 28.1. The van der Waals surface area contributed by atoms with Crippen molar-refractivity contribution in [3.05, 3.63) is 36.5 Å². The van der Waals surface area contributed by atoms with Crippen molar-refractivity contribution in [1.29, 1.82) is 0 Å². The van der Waals surface area contributed by atoms with E-state index in [1.165, 1.54) is 0 Å². The molecule has 0 saturated carbocycles. The zero-order valence-corrected chi connectivity index (χ0v) is 13.5. The van der Waals surface area contributed by atoms with Crippen LogP contribution in [0.5, 0.6) is 0 Å². The molecule has 0 aromatic rings. The molecule has 22 heavy (non-hydrogen) atoms. The van der Waals surface area contributed by atoms with Crippen LogP contribution in [0.25, 0.3) is 0 Å². The second-order valence-corrected chi connectivity index (χ2v) is 5.30. The number of carboxylic acids is 1. The molecular formula is C18H30O4. The van der Waals surface area contributed by atoms with E-state index in [2.05, 4.69) is 25.2 Å². The molecule has 0 aliphatic rings. The van der Waals surface area contributed by atoms with E-state index in [9.17, 15) is 15.0 Å². The number of rotatable bonds is 13. The fourth-order valence-electron chi connectivity index (χ4n) is 1.94. The van der Waals surface area contributed by atoms with Gasteiger partial charge in [0.15, 0.2) is 0 Å². The van der Waals surface area contributed by atoms with Gasteiger partial charge in [-0.3, -0.25) is 4.79 Å². The van der Waals surface area contributed by atoms with Gasteiger partial charge in [0.1, 0.15) is 0 Å². The van der Waals surface area contributed by atoms with Crippen LogP contribution < -0.4 is 0 Å². The Morgan fingerprint density at radius 2 is 1.59 bits per heavy atom. The number of hydrogen-bond acceptors (Lipinski definition) is 3. The van der Waals surface area contributed by atoms with Crippen LogP contribution in [0, 0.1) is 0 Å². The molecule has 0 radical (unpaired) electrons. The molecule has 0 aliphatic heterocycles. The van der Waals surface area contributed by atoms with Crippen LogP contribution in [0.1, 0.15) is 58.3 Å². The molecule has 3 N–H and O–H groups in total. The minimum absolute atomic E-state index is 0.165. The standard InChI is InChI=1S/C18H30O4/c1-2-3-4-5-6-7-8-10-13-16(19)17(20)14-11-9-12-15-18(21)22/h3-4,6-7,10,13,16-17,19-20H,2,5,8-9,11-12,14-15H2,1H3,(H,21,22). The molecule has 0 spiro atoms. The Kier molecular flexibility index (Phi) is 13.6. The molecule has 2 unspecified atom stereocenters. The summed E-state index contributed by atoms with van der Waals surface area (Å²) in [6.07, 6.45) is 15.6. The van der Waals surface area contributed by atoms with Crippen molar-refractivity contribution in [2.75, 3.05) is 0 Å². The molecule has 0 fully saturated rings. The van der Waals surface area contributed by atoms with Gasteiger partial charge in [0.2, 0.25) is 0 Å². The van der Waals surface area contributed by atoms with E-state index in [1.54, 1.807) is 6.08 Å². The van der Waals surface area contributed by atoms with Crippen LogP contribution >= 0.6 is 0 Å². The molecule has 0 saturated heterocycles. The number of aliphatic hydroxyl groups excluding tert-OH is 2. The second-order valence-electron chi connectivity index (χ2n) is 5.30. The van der Waals surface area contributed by atoms with E-state index in [-0.39, 0.29) is 6.42 Å². The van der Waals surface area contributed by atoms with Gasteiger partial charge in [-0.1, -0.05) is 56.2 Å². The number of hydrogen-bond donors (Lipinski definition) is 3. The average molecular weight is 310 g/mol. The molecule has 4 nitrogen and oxygen atoms in total. The summed E-state index contributed by atoms with van der Waals surface area (Å²) in [7, 11) is 0. The second kappa shape index (κ2) is 14.5. The molecule has 0 aromatic heterocycles. The lowest BCUT2D eigenvalue weighted by atomic mass is 10.0. The molecule has 0 amide bonds. The summed E-state index contributed by atoms with van der Waals surface area (Å²) in [4.78, 5) is 10.3. The summed E-state index contributed by atoms with van der Waals surface area (Å²) in [6.45, 7) is 2.10. The Balaban J connectivity index is 3.71. The van der Waals surface area contributed by atoms with Crippen LogP contribution in [-0.4, -0.2) is 33.5 Å². The highest BCUT2D eigenvalue weighted by molar-refractivity contribution is 5.66. The van der Waals surface area contributed by atoms with Crippen LogP contribution in [-0.2, 0) is 4.79 Å². The molecule has 4 heteroatoms. The highest BCUT2D eigenvalue weighted by Gasteiger charge is 2.12. The van der Waals surface area contributed by atoms with Crippen molar-refractivity contribution in [1.82, 2.24) is 0 Å². The molecule has 2 atom stereocenters. The van der Waals surface area contributed by atoms with Crippen molar-refractivity contribution >= 4 is 5.97 Å². The minimum Gasteiger partial charge on any atom is -0.481 e. The maximum atomic E-state index is 10.3. The van der Waals surface area contributed by atoms with Gasteiger partial charge in [0, 0.05) is 6.42 Å². The molecule has 0 heterocycles. The fraction of sp³-hybridized carbons (Fsp3) is 0.611. The van der Waals surface area contributed by atoms with E-state index in [4.69, 9.17) is 5.11 Å². The largest absolute Gasteiger partial charge is 0.481 e. The summed E-state index contributed by atoms with van der Waals surface area (Å²) in [5.41, 5.74) is 0. The van der Waals surface area contributed by atoms with Gasteiger partial charge in [0.25, 0.3) is 0 Å². The predicted octanol–water partition coefficient (Wildman–Crippen LogP) is 3.60. The Morgan fingerprint density at radius 3 is 2.23 bits per heavy atom. The number of unbranched alkanes of at least 4 members (excludes halogenated alkanes) is 2. The molecule has 0 rings (SSSR count). The number of allylic oxidation sites excluding steroid dienone is 5. The lowest BCUT2D eigenvalue weighted by Gasteiger charge is -2.14. The molecule has 0 aromatic carbocycles. The highest BCUT2D eigenvalue weighted by atomic mass is 16.4. The highest BCUT2D eigenvalue weighted by Crippen LogP contribution is 2.09. The van der Waals surface area contributed by atoms with Crippen molar-refractivity contribution in [3.8, 4) is 0 Å². The van der Waals surface area contributed by atoms with Crippen LogP contribution in [0.3, 0.4) is 0 Å². The SMILES string of the molecule is CCC=CCC=CCC=CC(O)C(O)CCCCCC(=O)O. The number of aliphatic carboxylic acids is 1. The van der Waals surface area contributed by atoms with Crippen molar-refractivity contribution in [3.63, 3.8) is 0 Å². The van der Waals surface area contributed by atoms with E-state index < -0.39 is 18.2 Å². The van der Waals surface area contributed by atoms with E-state index in [1.807, 2.05) is 12.2 Å². The third-order valence-corrected chi connectivity index (χ3v) is 3.23. The van der Waals surface area contributed by atoms with Crippen LogP contribution in [0.2, 0.25) is 0 Å². The first-order valence-corrected chi connectivity index (χ1v) is 8.12. The molecular weight excluding hydrogens is 280 g/mol. The molecule has 0 aliphatic carbocycles. The Hall–Kier alpha value is -1.39. The van der Waals surface area contributed by atoms with Gasteiger partial charge >= 0.3 is 5.97 Å². The van der Waals surface area contributed by atoms with Gasteiger partial charge < -0.3 is 15.3 Å². The zero-order valence-electron chi connectivity index (χ0n) is 13.5. The quantitative estimate of drug-likeness (QED) is 0.359. The lowest BCUT2D eigenvalue weighted by molar-refractivity contribution is -0.137. The van der Waals surface area contributed by atoms with Gasteiger partial charge in [-0.05, 0) is 32.1 Å². The van der Waals surface area contributed by atoms with Gasteiger partial charge in [0.05, 0.1) is 12.2 Å².